The van der Waals surface area contributed by atoms with Gasteiger partial charge in [0.25, 0.3) is 0 Å². The van der Waals surface area contributed by atoms with Crippen LogP contribution in [0.2, 0.25) is 0 Å². The van der Waals surface area contributed by atoms with E-state index in [0.29, 0.717) is 18.8 Å². The van der Waals surface area contributed by atoms with Crippen LogP contribution >= 0.6 is 0 Å². The van der Waals surface area contributed by atoms with Crippen LogP contribution in [0, 0.1) is 11.3 Å². The van der Waals surface area contributed by atoms with E-state index >= 15 is 0 Å². The quantitative estimate of drug-likeness (QED) is 0.775. The molecule has 4 heteroatoms. The van der Waals surface area contributed by atoms with E-state index in [2.05, 4.69) is 0 Å². The number of benzene rings is 1. The minimum atomic E-state index is -0.800. The first-order valence-electron chi connectivity index (χ1n) is 5.65. The number of carboxylic acid groups (broad SMARTS) is 1. The molecule has 0 aromatic heterocycles. The zero-order chi connectivity index (χ0) is 12.4. The number of aliphatic carboxylic acids is 1. The average molecular weight is 232 g/mol. The third kappa shape index (κ3) is 2.36. The number of hydrogen-bond acceptors (Lipinski definition) is 3. The summed E-state index contributed by atoms with van der Waals surface area (Å²) in [6.45, 7) is 2.92. The lowest BCUT2D eigenvalue weighted by molar-refractivity contribution is -0.150. The van der Waals surface area contributed by atoms with Gasteiger partial charge in [0.1, 0.15) is 0 Å². The molecule has 1 fully saturated rings. The maximum atomic E-state index is 11.0. The summed E-state index contributed by atoms with van der Waals surface area (Å²) < 4.78 is 0. The minimum Gasteiger partial charge on any atom is -0.481 e. The summed E-state index contributed by atoms with van der Waals surface area (Å²) in [5.74, 6) is -1.22. The summed E-state index contributed by atoms with van der Waals surface area (Å²) in [7, 11) is 0. The number of hydrogen-bond donors (Lipinski definition) is 2. The molecule has 17 heavy (non-hydrogen) atoms. The van der Waals surface area contributed by atoms with E-state index < -0.39 is 11.9 Å². The van der Waals surface area contributed by atoms with Crippen LogP contribution in [0.15, 0.2) is 30.3 Å². The van der Waals surface area contributed by atoms with Crippen molar-refractivity contribution in [1.82, 2.24) is 4.90 Å². The molecule has 0 bridgehead atoms. The lowest BCUT2D eigenvalue weighted by Gasteiger charge is -2.45. The molecular formula is C13H16N2O2. The molecule has 2 N–H and O–H groups in total. The van der Waals surface area contributed by atoms with Crippen LogP contribution in [-0.2, 0) is 11.3 Å². The molecule has 2 rings (SSSR count). The Hall–Kier alpha value is -1.68. The van der Waals surface area contributed by atoms with Crippen molar-refractivity contribution in [3.05, 3.63) is 35.9 Å². The molecule has 4 nitrogen and oxygen atoms in total. The molecule has 0 aliphatic carbocycles. The number of carbonyl (C=O) groups is 1. The van der Waals surface area contributed by atoms with Crippen molar-refractivity contribution < 1.29 is 9.90 Å². The molecule has 1 aromatic rings. The van der Waals surface area contributed by atoms with Crippen molar-refractivity contribution in [2.24, 2.45) is 5.92 Å². The van der Waals surface area contributed by atoms with Crippen LogP contribution in [0.25, 0.3) is 0 Å². The predicted octanol–water partition coefficient (Wildman–Crippen LogP) is 1.61. The van der Waals surface area contributed by atoms with Gasteiger partial charge in [-0.15, -0.1) is 0 Å². The minimum absolute atomic E-state index is 0.243. The van der Waals surface area contributed by atoms with Gasteiger partial charge in [0.15, 0.2) is 0 Å². The Balaban J connectivity index is 2.04. The standard InChI is InChI=1S/C13H16N2O2/c1-9(14)12-11(13(16)17)8-15(12)7-10-5-3-2-4-6-10/h2-6,11-12,14H,7-8H2,1H3,(H,16,17). The van der Waals surface area contributed by atoms with Gasteiger partial charge < -0.3 is 10.5 Å². The molecule has 2 unspecified atom stereocenters. The molecule has 1 aliphatic rings. The molecule has 1 saturated heterocycles. The third-order valence-electron chi connectivity index (χ3n) is 3.20. The van der Waals surface area contributed by atoms with Crippen molar-refractivity contribution in [3.8, 4) is 0 Å². The largest absolute Gasteiger partial charge is 0.481 e. The van der Waals surface area contributed by atoms with E-state index in [4.69, 9.17) is 10.5 Å². The van der Waals surface area contributed by atoms with Crippen LogP contribution in [0.3, 0.4) is 0 Å². The second-order valence-corrected chi connectivity index (χ2v) is 4.49. The molecule has 0 spiro atoms. The maximum Gasteiger partial charge on any atom is 0.309 e. The van der Waals surface area contributed by atoms with Gasteiger partial charge in [-0.25, -0.2) is 0 Å². The number of carboxylic acids is 1. The zero-order valence-corrected chi connectivity index (χ0v) is 9.76. The van der Waals surface area contributed by atoms with Crippen molar-refractivity contribution in [1.29, 1.82) is 5.41 Å². The van der Waals surface area contributed by atoms with E-state index in [9.17, 15) is 4.79 Å². The highest BCUT2D eigenvalue weighted by molar-refractivity contribution is 5.91. The summed E-state index contributed by atoms with van der Waals surface area (Å²) in [6.07, 6.45) is 0. The molecule has 1 heterocycles. The monoisotopic (exact) mass is 232 g/mol. The van der Waals surface area contributed by atoms with Gasteiger partial charge in [0.05, 0.1) is 12.0 Å². The van der Waals surface area contributed by atoms with E-state index in [0.717, 1.165) is 5.56 Å². The Morgan fingerprint density at radius 1 is 1.47 bits per heavy atom. The molecule has 1 aromatic carbocycles. The first-order valence-corrected chi connectivity index (χ1v) is 5.65. The highest BCUT2D eigenvalue weighted by atomic mass is 16.4. The maximum absolute atomic E-state index is 11.0. The van der Waals surface area contributed by atoms with E-state index in [1.54, 1.807) is 6.92 Å². The van der Waals surface area contributed by atoms with E-state index in [-0.39, 0.29) is 6.04 Å². The van der Waals surface area contributed by atoms with Crippen molar-refractivity contribution in [2.75, 3.05) is 6.54 Å². The highest BCUT2D eigenvalue weighted by Gasteiger charge is 2.44. The Kier molecular flexibility index (Phi) is 3.24. The van der Waals surface area contributed by atoms with Gasteiger partial charge in [-0.2, -0.15) is 0 Å². The summed E-state index contributed by atoms with van der Waals surface area (Å²) in [4.78, 5) is 13.0. The van der Waals surface area contributed by atoms with Crippen molar-refractivity contribution >= 4 is 11.7 Å². The number of rotatable bonds is 4. The van der Waals surface area contributed by atoms with Gasteiger partial charge >= 0.3 is 5.97 Å². The normalized spacial score (nSPS) is 24.1. The van der Waals surface area contributed by atoms with Crippen LogP contribution in [0.4, 0.5) is 0 Å². The molecular weight excluding hydrogens is 216 g/mol. The second-order valence-electron chi connectivity index (χ2n) is 4.49. The van der Waals surface area contributed by atoms with Gasteiger partial charge in [-0.3, -0.25) is 9.69 Å². The fraction of sp³-hybridized carbons (Fsp3) is 0.385. The summed E-state index contributed by atoms with van der Waals surface area (Å²) in [5.41, 5.74) is 1.59. The zero-order valence-electron chi connectivity index (χ0n) is 9.76. The van der Waals surface area contributed by atoms with Gasteiger partial charge in [0, 0.05) is 18.8 Å². The predicted molar refractivity (Wildman–Crippen MR) is 65.2 cm³/mol. The molecule has 1 aliphatic heterocycles. The van der Waals surface area contributed by atoms with Crippen LogP contribution in [0.1, 0.15) is 12.5 Å². The van der Waals surface area contributed by atoms with Crippen LogP contribution in [-0.4, -0.2) is 34.3 Å². The fourth-order valence-corrected chi connectivity index (χ4v) is 2.35. The summed E-state index contributed by atoms with van der Waals surface area (Å²) in [5, 5.41) is 16.7. The van der Waals surface area contributed by atoms with E-state index in [1.807, 2.05) is 35.2 Å². The SMILES string of the molecule is CC(=N)C1C(C(=O)O)CN1Cc1ccccc1. The lowest BCUT2D eigenvalue weighted by Crippen LogP contribution is -2.61. The molecule has 0 amide bonds. The summed E-state index contributed by atoms with van der Waals surface area (Å²) in [6, 6.07) is 9.69. The third-order valence-corrected chi connectivity index (χ3v) is 3.20. The fourth-order valence-electron chi connectivity index (χ4n) is 2.35. The molecule has 90 valence electrons. The number of nitrogens with zero attached hydrogens (tertiary/aromatic N) is 1. The van der Waals surface area contributed by atoms with Gasteiger partial charge in [-0.1, -0.05) is 30.3 Å². The first-order chi connectivity index (χ1) is 8.09. The van der Waals surface area contributed by atoms with E-state index in [1.165, 1.54) is 0 Å². The topological polar surface area (TPSA) is 64.4 Å². The summed E-state index contributed by atoms with van der Waals surface area (Å²) >= 11 is 0. The van der Waals surface area contributed by atoms with Crippen LogP contribution < -0.4 is 0 Å². The Morgan fingerprint density at radius 3 is 2.65 bits per heavy atom. The molecule has 0 radical (unpaired) electrons. The van der Waals surface area contributed by atoms with Crippen LogP contribution in [0.5, 0.6) is 0 Å². The number of nitrogens with one attached hydrogen (secondary N) is 1. The second kappa shape index (κ2) is 4.67. The highest BCUT2D eigenvalue weighted by Crippen LogP contribution is 2.28. The van der Waals surface area contributed by atoms with Crippen molar-refractivity contribution in [3.63, 3.8) is 0 Å². The molecule has 0 saturated carbocycles. The van der Waals surface area contributed by atoms with Crippen molar-refractivity contribution in [2.45, 2.75) is 19.5 Å². The Bertz CT molecular complexity index is 430. The Labute approximate surface area is 100 Å². The number of likely N-dealkylation sites (tertiary alicyclic amines) is 1. The average Bonchev–Trinajstić information content (AvgIpc) is 2.23. The first kappa shape index (κ1) is 11.8. The van der Waals surface area contributed by atoms with Gasteiger partial charge in [-0.05, 0) is 12.5 Å². The van der Waals surface area contributed by atoms with Gasteiger partial charge in [0.2, 0.25) is 0 Å². The lowest BCUT2D eigenvalue weighted by atomic mass is 9.85. The smallest absolute Gasteiger partial charge is 0.309 e. The molecule has 2 atom stereocenters. The Morgan fingerprint density at radius 2 is 2.12 bits per heavy atom.